The Morgan fingerprint density at radius 1 is 1.30 bits per heavy atom. The zero-order chi connectivity index (χ0) is 14.8. The number of nitrogens with zero attached hydrogens (tertiary/aromatic N) is 2. The van der Waals surface area contributed by atoms with Gasteiger partial charge in [0.25, 0.3) is 5.91 Å². The quantitative estimate of drug-likeness (QED) is 0.917. The number of aromatic nitrogens is 2. The predicted octanol–water partition coefficient (Wildman–Crippen LogP) is 1.53. The van der Waals surface area contributed by atoms with Crippen LogP contribution in [0.15, 0.2) is 29.2 Å². The number of carbonyl (C=O) groups excluding carboxylic acids is 1. The summed E-state index contributed by atoms with van der Waals surface area (Å²) >= 11 is 6.58. The Bertz CT molecular complexity index is 726. The summed E-state index contributed by atoms with van der Waals surface area (Å²) in [6.45, 7) is 0.264. The lowest BCUT2D eigenvalue weighted by atomic mass is 10.2. The average Bonchev–Trinajstić information content (AvgIpc) is 2.82. The molecule has 2 rings (SSSR count). The molecule has 0 radical (unpaired) electrons. The van der Waals surface area contributed by atoms with Gasteiger partial charge in [-0.15, -0.1) is 10.2 Å². The molecule has 1 aromatic carbocycles. The van der Waals surface area contributed by atoms with E-state index in [0.29, 0.717) is 0 Å². The highest BCUT2D eigenvalue weighted by atomic mass is 35.5. The molecule has 0 saturated carbocycles. The van der Waals surface area contributed by atoms with Crippen molar-refractivity contribution >= 4 is 38.7 Å². The Kier molecular flexibility index (Phi) is 4.36. The smallest absolute Gasteiger partial charge is 0.282 e. The van der Waals surface area contributed by atoms with E-state index in [4.69, 9.17) is 11.6 Å². The highest BCUT2D eigenvalue weighted by Crippen LogP contribution is 2.15. The molecule has 0 spiro atoms. The van der Waals surface area contributed by atoms with Crippen LogP contribution in [0.5, 0.6) is 0 Å². The van der Waals surface area contributed by atoms with Gasteiger partial charge >= 0.3 is 0 Å². The second-order valence-electron chi connectivity index (χ2n) is 3.96. The van der Waals surface area contributed by atoms with Gasteiger partial charge in [0.15, 0.2) is 9.84 Å². The monoisotopic (exact) mass is 331 g/mol. The molecule has 0 bridgehead atoms. The molecule has 6 nitrogen and oxygen atoms in total. The maximum atomic E-state index is 11.7. The van der Waals surface area contributed by atoms with E-state index >= 15 is 0 Å². The van der Waals surface area contributed by atoms with E-state index < -0.39 is 9.84 Å². The molecule has 0 fully saturated rings. The summed E-state index contributed by atoms with van der Waals surface area (Å²) in [5.74, 6) is -0.374. The molecular weight excluding hydrogens is 322 g/mol. The van der Waals surface area contributed by atoms with Crippen molar-refractivity contribution in [1.29, 1.82) is 0 Å². The van der Waals surface area contributed by atoms with Gasteiger partial charge in [0.1, 0.15) is 0 Å². The summed E-state index contributed by atoms with van der Waals surface area (Å²) in [7, 11) is -3.21. The Hall–Kier alpha value is -1.51. The molecule has 106 valence electrons. The molecule has 0 unspecified atom stereocenters. The van der Waals surface area contributed by atoms with Crippen LogP contribution in [-0.4, -0.2) is 30.8 Å². The van der Waals surface area contributed by atoms with Crippen LogP contribution in [0, 0.1) is 0 Å². The van der Waals surface area contributed by atoms with Crippen LogP contribution in [0.25, 0.3) is 0 Å². The van der Waals surface area contributed by atoms with Crippen molar-refractivity contribution in [1.82, 2.24) is 15.5 Å². The fourth-order valence-corrected chi connectivity index (χ4v) is 2.78. The second-order valence-corrected chi connectivity index (χ2v) is 7.53. The molecular formula is C11H10ClN3O3S2. The van der Waals surface area contributed by atoms with Gasteiger partial charge in [-0.2, -0.15) is 0 Å². The summed E-state index contributed by atoms with van der Waals surface area (Å²) in [5.41, 5.74) is 0.779. The minimum atomic E-state index is -3.21. The first kappa shape index (κ1) is 14.9. The first-order valence-electron chi connectivity index (χ1n) is 5.42. The van der Waals surface area contributed by atoms with E-state index in [0.717, 1.165) is 23.2 Å². The number of amides is 1. The first-order chi connectivity index (χ1) is 9.36. The van der Waals surface area contributed by atoms with Gasteiger partial charge < -0.3 is 5.32 Å². The number of carbonyl (C=O) groups is 1. The van der Waals surface area contributed by atoms with Gasteiger partial charge in [0, 0.05) is 12.8 Å². The van der Waals surface area contributed by atoms with Crippen LogP contribution >= 0.6 is 22.9 Å². The van der Waals surface area contributed by atoms with E-state index in [2.05, 4.69) is 15.5 Å². The zero-order valence-corrected chi connectivity index (χ0v) is 12.7. The van der Waals surface area contributed by atoms with Gasteiger partial charge in [-0.3, -0.25) is 4.79 Å². The zero-order valence-electron chi connectivity index (χ0n) is 10.3. The van der Waals surface area contributed by atoms with Gasteiger partial charge in [-0.1, -0.05) is 23.5 Å². The molecule has 0 aliphatic heterocycles. The van der Waals surface area contributed by atoms with Crippen LogP contribution in [0.2, 0.25) is 4.47 Å². The van der Waals surface area contributed by atoms with Crippen LogP contribution in [0.1, 0.15) is 15.4 Å². The Balaban J connectivity index is 1.99. The molecule has 0 atom stereocenters. The van der Waals surface area contributed by atoms with Crippen molar-refractivity contribution in [2.75, 3.05) is 6.26 Å². The molecule has 1 heterocycles. The summed E-state index contributed by atoms with van der Waals surface area (Å²) in [6.07, 6.45) is 1.14. The number of benzene rings is 1. The van der Waals surface area contributed by atoms with Crippen LogP contribution in [-0.2, 0) is 16.4 Å². The summed E-state index contributed by atoms with van der Waals surface area (Å²) in [6, 6.07) is 6.28. The fraction of sp³-hybridized carbons (Fsp3) is 0.182. The topological polar surface area (TPSA) is 89.0 Å². The van der Waals surface area contributed by atoms with Crippen molar-refractivity contribution in [2.24, 2.45) is 0 Å². The minimum Gasteiger partial charge on any atom is -0.346 e. The SMILES string of the molecule is CS(=O)(=O)c1ccc(CNC(=O)c2nnc(Cl)s2)cc1. The molecule has 2 aromatic rings. The molecule has 0 aliphatic carbocycles. The van der Waals surface area contributed by atoms with Gasteiger partial charge in [-0.25, -0.2) is 8.42 Å². The summed E-state index contributed by atoms with van der Waals surface area (Å²) in [4.78, 5) is 11.9. The van der Waals surface area contributed by atoms with Gasteiger partial charge in [0.2, 0.25) is 9.47 Å². The van der Waals surface area contributed by atoms with E-state index in [1.807, 2.05) is 0 Å². The fourth-order valence-electron chi connectivity index (χ4n) is 1.41. The van der Waals surface area contributed by atoms with Crippen molar-refractivity contribution in [3.8, 4) is 0 Å². The first-order valence-corrected chi connectivity index (χ1v) is 8.51. The highest BCUT2D eigenvalue weighted by molar-refractivity contribution is 7.90. The largest absolute Gasteiger partial charge is 0.346 e. The van der Waals surface area contributed by atoms with Crippen molar-refractivity contribution in [3.63, 3.8) is 0 Å². The van der Waals surface area contributed by atoms with Crippen LogP contribution < -0.4 is 5.32 Å². The minimum absolute atomic E-state index is 0.183. The van der Waals surface area contributed by atoms with E-state index in [1.165, 1.54) is 12.1 Å². The Labute approximate surface area is 124 Å². The normalized spacial score (nSPS) is 11.3. The van der Waals surface area contributed by atoms with E-state index in [-0.39, 0.29) is 26.8 Å². The van der Waals surface area contributed by atoms with Crippen molar-refractivity contribution in [3.05, 3.63) is 39.3 Å². The molecule has 1 N–H and O–H groups in total. The number of hydrogen-bond acceptors (Lipinski definition) is 6. The number of nitrogens with one attached hydrogen (secondary N) is 1. The predicted molar refractivity (Wildman–Crippen MR) is 75.6 cm³/mol. The molecule has 20 heavy (non-hydrogen) atoms. The van der Waals surface area contributed by atoms with Crippen molar-refractivity contribution < 1.29 is 13.2 Å². The lowest BCUT2D eigenvalue weighted by molar-refractivity contribution is 0.0950. The summed E-state index contributed by atoms with van der Waals surface area (Å²) in [5, 5.41) is 9.99. The molecule has 0 saturated heterocycles. The lowest BCUT2D eigenvalue weighted by Crippen LogP contribution is -2.22. The third kappa shape index (κ3) is 3.75. The van der Waals surface area contributed by atoms with Crippen LogP contribution in [0.3, 0.4) is 0 Å². The van der Waals surface area contributed by atoms with Crippen molar-refractivity contribution in [2.45, 2.75) is 11.4 Å². The van der Waals surface area contributed by atoms with Gasteiger partial charge in [-0.05, 0) is 29.3 Å². The highest BCUT2D eigenvalue weighted by Gasteiger charge is 2.11. The Morgan fingerprint density at radius 2 is 1.95 bits per heavy atom. The lowest BCUT2D eigenvalue weighted by Gasteiger charge is -2.04. The maximum absolute atomic E-state index is 11.7. The summed E-state index contributed by atoms with van der Waals surface area (Å²) < 4.78 is 22.8. The van der Waals surface area contributed by atoms with Crippen LogP contribution in [0.4, 0.5) is 0 Å². The maximum Gasteiger partial charge on any atom is 0.282 e. The second kappa shape index (κ2) is 5.86. The molecule has 1 aromatic heterocycles. The number of rotatable bonds is 4. The van der Waals surface area contributed by atoms with Gasteiger partial charge in [0.05, 0.1) is 4.90 Å². The van der Waals surface area contributed by atoms with E-state index in [9.17, 15) is 13.2 Å². The number of hydrogen-bond donors (Lipinski definition) is 1. The standard InChI is InChI=1S/C11H10ClN3O3S2/c1-20(17,18)8-4-2-7(3-5-8)6-13-9(16)10-14-15-11(12)19-10/h2-5H,6H2,1H3,(H,13,16). The molecule has 9 heteroatoms. The number of sulfone groups is 1. The molecule has 0 aliphatic rings. The third-order valence-corrected chi connectivity index (χ3v) is 4.55. The van der Waals surface area contributed by atoms with E-state index in [1.54, 1.807) is 12.1 Å². The number of halogens is 1. The third-order valence-electron chi connectivity index (χ3n) is 2.40. The average molecular weight is 332 g/mol. The molecule has 1 amide bonds. The Morgan fingerprint density at radius 3 is 2.45 bits per heavy atom.